The van der Waals surface area contributed by atoms with Gasteiger partial charge in [0.1, 0.15) is 0 Å². The van der Waals surface area contributed by atoms with Crippen LogP contribution in [-0.2, 0) is 0 Å². The Labute approximate surface area is 126 Å². The van der Waals surface area contributed by atoms with E-state index in [1.54, 1.807) is 0 Å². The monoisotopic (exact) mass is 359 g/mol. The van der Waals surface area contributed by atoms with Crippen molar-refractivity contribution in [3.05, 3.63) is 29.3 Å². The van der Waals surface area contributed by atoms with Gasteiger partial charge in [-0.1, -0.05) is 18.9 Å². The molecule has 2 rings (SSSR count). The predicted octanol–water partition coefficient (Wildman–Crippen LogP) is 3.45. The van der Waals surface area contributed by atoms with Crippen molar-refractivity contribution in [3.8, 4) is 0 Å². The van der Waals surface area contributed by atoms with Crippen molar-refractivity contribution >= 4 is 35.6 Å². The third-order valence-corrected chi connectivity index (χ3v) is 3.01. The number of aryl methyl sites for hydroxylation is 2. The van der Waals surface area contributed by atoms with Gasteiger partial charge in [-0.15, -0.1) is 24.0 Å². The Morgan fingerprint density at radius 2 is 1.89 bits per heavy atom. The van der Waals surface area contributed by atoms with Gasteiger partial charge in [0.15, 0.2) is 5.96 Å². The molecule has 100 valence electrons. The van der Waals surface area contributed by atoms with Gasteiger partial charge in [-0.05, 0) is 49.4 Å². The molecule has 1 aromatic carbocycles. The van der Waals surface area contributed by atoms with Crippen LogP contribution in [0, 0.1) is 19.8 Å². The summed E-state index contributed by atoms with van der Waals surface area (Å²) in [6, 6.07) is 6.30. The molecule has 0 unspecified atom stereocenters. The molecule has 0 spiro atoms. The Morgan fingerprint density at radius 1 is 1.28 bits per heavy atom. The predicted molar refractivity (Wildman–Crippen MR) is 88.8 cm³/mol. The van der Waals surface area contributed by atoms with E-state index in [-0.39, 0.29) is 24.0 Å². The molecule has 0 saturated heterocycles. The normalized spacial score (nSPS) is 15.1. The van der Waals surface area contributed by atoms with E-state index in [1.165, 1.54) is 30.4 Å². The minimum absolute atomic E-state index is 0. The number of benzene rings is 1. The van der Waals surface area contributed by atoms with Crippen LogP contribution in [0.1, 0.15) is 30.4 Å². The lowest BCUT2D eigenvalue weighted by Gasteiger charge is -2.07. The fraction of sp³-hybridized carbons (Fsp3) is 0.500. The van der Waals surface area contributed by atoms with Crippen LogP contribution in [0.25, 0.3) is 0 Å². The van der Waals surface area contributed by atoms with Crippen molar-refractivity contribution in [2.45, 2.75) is 33.1 Å². The number of rotatable bonds is 4. The van der Waals surface area contributed by atoms with Crippen molar-refractivity contribution in [1.82, 2.24) is 0 Å². The Bertz CT molecular complexity index is 405. The standard InChI is InChI=1S/C14H21N3.HI/c1-10-7-11(2)9-13(8-10)17-14(15)16-6-5-12-3-4-12;/h7-9,12H,3-6H2,1-2H3,(H3,15,16,17);1H. The van der Waals surface area contributed by atoms with Crippen molar-refractivity contribution < 1.29 is 0 Å². The zero-order valence-corrected chi connectivity index (χ0v) is 13.4. The average Bonchev–Trinajstić information content (AvgIpc) is 2.99. The summed E-state index contributed by atoms with van der Waals surface area (Å²) in [6.07, 6.45) is 3.93. The Kier molecular flexibility index (Phi) is 5.91. The average molecular weight is 359 g/mol. The summed E-state index contributed by atoms with van der Waals surface area (Å²) in [4.78, 5) is 4.34. The molecule has 0 bridgehead atoms. The number of hydrogen-bond donors (Lipinski definition) is 2. The fourth-order valence-electron chi connectivity index (χ4n) is 2.01. The first kappa shape index (κ1) is 15.3. The number of nitrogens with one attached hydrogen (secondary N) is 1. The second kappa shape index (κ2) is 6.97. The molecule has 1 fully saturated rings. The van der Waals surface area contributed by atoms with Gasteiger partial charge < -0.3 is 11.1 Å². The van der Waals surface area contributed by atoms with Crippen LogP contribution in [-0.4, -0.2) is 12.5 Å². The summed E-state index contributed by atoms with van der Waals surface area (Å²) >= 11 is 0. The van der Waals surface area contributed by atoms with Gasteiger partial charge in [0.25, 0.3) is 0 Å². The van der Waals surface area contributed by atoms with Crippen molar-refractivity contribution in [2.24, 2.45) is 16.6 Å². The first-order chi connectivity index (χ1) is 8.13. The smallest absolute Gasteiger partial charge is 0.193 e. The van der Waals surface area contributed by atoms with Gasteiger partial charge >= 0.3 is 0 Å². The molecule has 1 saturated carbocycles. The maximum atomic E-state index is 5.85. The molecule has 1 aliphatic carbocycles. The summed E-state index contributed by atoms with van der Waals surface area (Å²) in [5.41, 5.74) is 9.34. The van der Waals surface area contributed by atoms with Gasteiger partial charge in [-0.2, -0.15) is 0 Å². The highest BCUT2D eigenvalue weighted by molar-refractivity contribution is 14.0. The van der Waals surface area contributed by atoms with Crippen LogP contribution < -0.4 is 11.1 Å². The molecule has 0 radical (unpaired) electrons. The second-order valence-electron chi connectivity index (χ2n) is 5.00. The SMILES string of the molecule is Cc1cc(C)cc(NC(N)=NCCC2CC2)c1.I. The van der Waals surface area contributed by atoms with Crippen LogP contribution in [0.15, 0.2) is 23.2 Å². The minimum Gasteiger partial charge on any atom is -0.370 e. The van der Waals surface area contributed by atoms with E-state index in [0.29, 0.717) is 5.96 Å². The lowest BCUT2D eigenvalue weighted by Crippen LogP contribution is -2.23. The van der Waals surface area contributed by atoms with E-state index in [9.17, 15) is 0 Å². The summed E-state index contributed by atoms with van der Waals surface area (Å²) in [5.74, 6) is 1.43. The number of guanidine groups is 1. The molecule has 4 heteroatoms. The second-order valence-corrected chi connectivity index (χ2v) is 5.00. The first-order valence-corrected chi connectivity index (χ1v) is 6.29. The maximum Gasteiger partial charge on any atom is 0.193 e. The van der Waals surface area contributed by atoms with Crippen molar-refractivity contribution in [3.63, 3.8) is 0 Å². The van der Waals surface area contributed by atoms with Gasteiger partial charge in [0.2, 0.25) is 0 Å². The highest BCUT2D eigenvalue weighted by Gasteiger charge is 2.19. The molecule has 0 aliphatic heterocycles. The molecule has 0 atom stereocenters. The third kappa shape index (κ3) is 5.25. The molecule has 1 aliphatic rings. The third-order valence-electron chi connectivity index (χ3n) is 3.01. The first-order valence-electron chi connectivity index (χ1n) is 6.29. The lowest BCUT2D eigenvalue weighted by atomic mass is 10.1. The molecule has 18 heavy (non-hydrogen) atoms. The minimum atomic E-state index is 0. The van der Waals surface area contributed by atoms with E-state index in [2.05, 4.69) is 42.4 Å². The largest absolute Gasteiger partial charge is 0.370 e. The van der Waals surface area contributed by atoms with Gasteiger partial charge in [-0.3, -0.25) is 4.99 Å². The number of nitrogens with two attached hydrogens (primary N) is 1. The molecular formula is C14H22IN3. The van der Waals surface area contributed by atoms with E-state index in [1.807, 2.05) is 0 Å². The van der Waals surface area contributed by atoms with E-state index >= 15 is 0 Å². The molecular weight excluding hydrogens is 337 g/mol. The van der Waals surface area contributed by atoms with E-state index in [4.69, 9.17) is 5.73 Å². The Hall–Kier alpha value is -0.780. The summed E-state index contributed by atoms with van der Waals surface area (Å²) in [7, 11) is 0. The van der Waals surface area contributed by atoms with Crippen molar-refractivity contribution in [1.29, 1.82) is 0 Å². The number of nitrogens with zero attached hydrogens (tertiary/aromatic N) is 1. The lowest BCUT2D eigenvalue weighted by molar-refractivity contribution is 0.739. The highest BCUT2D eigenvalue weighted by Crippen LogP contribution is 2.32. The van der Waals surface area contributed by atoms with Crippen LogP contribution in [0.3, 0.4) is 0 Å². The molecule has 3 N–H and O–H groups in total. The van der Waals surface area contributed by atoms with Gasteiger partial charge in [-0.25, -0.2) is 0 Å². The Morgan fingerprint density at radius 3 is 2.44 bits per heavy atom. The molecule has 0 amide bonds. The number of aliphatic imine (C=N–C) groups is 1. The van der Waals surface area contributed by atoms with Crippen LogP contribution >= 0.6 is 24.0 Å². The topological polar surface area (TPSA) is 50.4 Å². The van der Waals surface area contributed by atoms with Crippen LogP contribution in [0.4, 0.5) is 5.69 Å². The summed E-state index contributed by atoms with van der Waals surface area (Å²) < 4.78 is 0. The maximum absolute atomic E-state index is 5.85. The fourth-order valence-corrected chi connectivity index (χ4v) is 2.01. The van der Waals surface area contributed by atoms with Crippen LogP contribution in [0.5, 0.6) is 0 Å². The highest BCUT2D eigenvalue weighted by atomic mass is 127. The van der Waals surface area contributed by atoms with E-state index < -0.39 is 0 Å². The van der Waals surface area contributed by atoms with Crippen LogP contribution in [0.2, 0.25) is 0 Å². The number of hydrogen-bond acceptors (Lipinski definition) is 1. The summed E-state index contributed by atoms with van der Waals surface area (Å²) in [5, 5.41) is 3.15. The Balaban J connectivity index is 0.00000162. The molecule has 1 aromatic rings. The zero-order chi connectivity index (χ0) is 12.3. The zero-order valence-electron chi connectivity index (χ0n) is 11.1. The van der Waals surface area contributed by atoms with Crippen molar-refractivity contribution in [2.75, 3.05) is 11.9 Å². The molecule has 0 aromatic heterocycles. The number of anilines is 1. The number of halogens is 1. The van der Waals surface area contributed by atoms with Gasteiger partial charge in [0, 0.05) is 12.2 Å². The van der Waals surface area contributed by atoms with E-state index in [0.717, 1.165) is 18.2 Å². The quantitative estimate of drug-likeness (QED) is 0.492. The summed E-state index contributed by atoms with van der Waals surface area (Å²) in [6.45, 7) is 5.01. The van der Waals surface area contributed by atoms with Gasteiger partial charge in [0.05, 0.1) is 0 Å². The molecule has 3 nitrogen and oxygen atoms in total. The molecule has 0 heterocycles.